The molecular formula is C18H17ClN2O4. The molecule has 1 amide bonds. The van der Waals surface area contributed by atoms with Crippen molar-refractivity contribution in [2.75, 3.05) is 11.5 Å². The molecule has 0 saturated carbocycles. The van der Waals surface area contributed by atoms with Crippen molar-refractivity contribution >= 4 is 28.9 Å². The highest BCUT2D eigenvalue weighted by atomic mass is 35.5. The SMILES string of the molecule is CC1CCc2ccccc2N1C(=O)COc1ccc([N+](=O)[O-])cc1Cl. The summed E-state index contributed by atoms with van der Waals surface area (Å²) in [5.41, 5.74) is 1.93. The van der Waals surface area contributed by atoms with Crippen molar-refractivity contribution in [1.29, 1.82) is 0 Å². The summed E-state index contributed by atoms with van der Waals surface area (Å²) in [7, 11) is 0. The average Bonchev–Trinajstić information content (AvgIpc) is 2.60. The Bertz CT molecular complexity index is 824. The highest BCUT2D eigenvalue weighted by Gasteiger charge is 2.28. The number of nitrogens with zero attached hydrogens (tertiary/aromatic N) is 2. The van der Waals surface area contributed by atoms with Gasteiger partial charge in [0.1, 0.15) is 5.75 Å². The van der Waals surface area contributed by atoms with E-state index < -0.39 is 4.92 Å². The van der Waals surface area contributed by atoms with Crippen LogP contribution in [0.2, 0.25) is 5.02 Å². The number of hydrogen-bond acceptors (Lipinski definition) is 4. The summed E-state index contributed by atoms with van der Waals surface area (Å²) in [6.07, 6.45) is 1.83. The van der Waals surface area contributed by atoms with Crippen LogP contribution >= 0.6 is 11.6 Å². The normalized spacial score (nSPS) is 16.2. The number of amides is 1. The Morgan fingerprint density at radius 1 is 1.36 bits per heavy atom. The topological polar surface area (TPSA) is 72.7 Å². The van der Waals surface area contributed by atoms with Crippen molar-refractivity contribution in [2.24, 2.45) is 0 Å². The van der Waals surface area contributed by atoms with Gasteiger partial charge in [0, 0.05) is 23.9 Å². The van der Waals surface area contributed by atoms with Crippen molar-refractivity contribution < 1.29 is 14.5 Å². The Balaban J connectivity index is 1.74. The van der Waals surface area contributed by atoms with E-state index in [9.17, 15) is 14.9 Å². The maximum atomic E-state index is 12.7. The first-order valence-corrected chi connectivity index (χ1v) is 8.32. The standard InChI is InChI=1S/C18H17ClN2O4/c1-12-6-7-13-4-2-3-5-16(13)20(12)18(22)11-25-17-9-8-14(21(23)24)10-15(17)19/h2-5,8-10,12H,6-7,11H2,1H3. The van der Waals surface area contributed by atoms with Crippen LogP contribution in [0.3, 0.4) is 0 Å². The van der Waals surface area contributed by atoms with Crippen molar-refractivity contribution in [1.82, 2.24) is 0 Å². The number of non-ortho nitro benzene ring substituents is 1. The van der Waals surface area contributed by atoms with Crippen molar-refractivity contribution in [3.63, 3.8) is 0 Å². The minimum atomic E-state index is -0.535. The largest absolute Gasteiger partial charge is 0.482 e. The fourth-order valence-electron chi connectivity index (χ4n) is 3.00. The van der Waals surface area contributed by atoms with Gasteiger partial charge < -0.3 is 9.64 Å². The van der Waals surface area contributed by atoms with Gasteiger partial charge in [0.2, 0.25) is 0 Å². The summed E-state index contributed by atoms with van der Waals surface area (Å²) in [4.78, 5) is 24.6. The van der Waals surface area contributed by atoms with Gasteiger partial charge in [-0.25, -0.2) is 0 Å². The molecule has 1 unspecified atom stereocenters. The number of nitro benzene ring substituents is 1. The molecule has 7 heteroatoms. The number of hydrogen-bond donors (Lipinski definition) is 0. The molecule has 0 bridgehead atoms. The number of fused-ring (bicyclic) bond motifs is 1. The first kappa shape index (κ1) is 17.2. The molecule has 0 fully saturated rings. The van der Waals surface area contributed by atoms with Gasteiger partial charge >= 0.3 is 0 Å². The number of para-hydroxylation sites is 1. The number of halogens is 1. The Labute approximate surface area is 150 Å². The Hall–Kier alpha value is -2.60. The first-order chi connectivity index (χ1) is 12.0. The molecule has 6 nitrogen and oxygen atoms in total. The lowest BCUT2D eigenvalue weighted by Gasteiger charge is -2.35. The predicted molar refractivity (Wildman–Crippen MR) is 95.3 cm³/mol. The van der Waals surface area contributed by atoms with Crippen LogP contribution in [0.25, 0.3) is 0 Å². The second-order valence-electron chi connectivity index (χ2n) is 5.94. The van der Waals surface area contributed by atoms with Gasteiger partial charge in [-0.1, -0.05) is 29.8 Å². The molecule has 0 spiro atoms. The number of carbonyl (C=O) groups is 1. The minimum Gasteiger partial charge on any atom is -0.482 e. The van der Waals surface area contributed by atoms with E-state index in [2.05, 4.69) is 0 Å². The Morgan fingerprint density at radius 2 is 2.12 bits per heavy atom. The third-order valence-corrected chi connectivity index (χ3v) is 4.56. The summed E-state index contributed by atoms with van der Waals surface area (Å²) in [6.45, 7) is 1.82. The predicted octanol–water partition coefficient (Wildman–Crippen LogP) is 3.99. The van der Waals surface area contributed by atoms with Gasteiger partial charge in [0.15, 0.2) is 6.61 Å². The molecule has 1 aliphatic rings. The number of aryl methyl sites for hydroxylation is 1. The third kappa shape index (κ3) is 3.58. The fraction of sp³-hybridized carbons (Fsp3) is 0.278. The second-order valence-corrected chi connectivity index (χ2v) is 6.35. The van der Waals surface area contributed by atoms with Crippen LogP contribution in [-0.2, 0) is 11.2 Å². The molecule has 0 radical (unpaired) electrons. The molecule has 1 heterocycles. The van der Waals surface area contributed by atoms with Crippen LogP contribution in [0.1, 0.15) is 18.9 Å². The van der Waals surface area contributed by atoms with E-state index in [1.165, 1.54) is 18.2 Å². The van der Waals surface area contributed by atoms with Crippen LogP contribution < -0.4 is 9.64 Å². The summed E-state index contributed by atoms with van der Waals surface area (Å²) >= 11 is 6.00. The molecular weight excluding hydrogens is 344 g/mol. The summed E-state index contributed by atoms with van der Waals surface area (Å²) in [6, 6.07) is 11.8. The average molecular weight is 361 g/mol. The Kier molecular flexibility index (Phi) is 4.90. The molecule has 2 aromatic carbocycles. The van der Waals surface area contributed by atoms with E-state index in [1.807, 2.05) is 31.2 Å². The van der Waals surface area contributed by atoms with Gasteiger partial charge in [-0.15, -0.1) is 0 Å². The first-order valence-electron chi connectivity index (χ1n) is 7.94. The number of benzene rings is 2. The van der Waals surface area contributed by atoms with E-state index in [-0.39, 0.29) is 35.0 Å². The number of carbonyl (C=O) groups excluding carboxylic acids is 1. The van der Waals surface area contributed by atoms with Crippen LogP contribution in [0.4, 0.5) is 11.4 Å². The van der Waals surface area contributed by atoms with E-state index in [4.69, 9.17) is 16.3 Å². The maximum Gasteiger partial charge on any atom is 0.271 e. The van der Waals surface area contributed by atoms with E-state index in [0.717, 1.165) is 24.1 Å². The quantitative estimate of drug-likeness (QED) is 0.610. The lowest BCUT2D eigenvalue weighted by Crippen LogP contribution is -2.44. The third-order valence-electron chi connectivity index (χ3n) is 4.27. The molecule has 1 aliphatic heterocycles. The molecule has 25 heavy (non-hydrogen) atoms. The maximum absolute atomic E-state index is 12.7. The molecule has 0 N–H and O–H groups in total. The smallest absolute Gasteiger partial charge is 0.271 e. The second kappa shape index (κ2) is 7.11. The molecule has 0 aliphatic carbocycles. The molecule has 0 aromatic heterocycles. The van der Waals surface area contributed by atoms with Gasteiger partial charge in [0.25, 0.3) is 11.6 Å². The van der Waals surface area contributed by atoms with Crippen LogP contribution in [0, 0.1) is 10.1 Å². The van der Waals surface area contributed by atoms with Gasteiger partial charge in [-0.05, 0) is 37.5 Å². The minimum absolute atomic E-state index is 0.0818. The molecule has 0 saturated heterocycles. The summed E-state index contributed by atoms with van der Waals surface area (Å²) in [5.74, 6) is 0.0765. The fourth-order valence-corrected chi connectivity index (χ4v) is 3.23. The molecule has 130 valence electrons. The van der Waals surface area contributed by atoms with Crippen LogP contribution in [0.5, 0.6) is 5.75 Å². The van der Waals surface area contributed by atoms with E-state index in [1.54, 1.807) is 4.90 Å². The zero-order valence-corrected chi connectivity index (χ0v) is 14.4. The number of nitro groups is 1. The highest BCUT2D eigenvalue weighted by molar-refractivity contribution is 6.32. The van der Waals surface area contributed by atoms with Gasteiger partial charge in [-0.2, -0.15) is 0 Å². The monoisotopic (exact) mass is 360 g/mol. The van der Waals surface area contributed by atoms with Crippen molar-refractivity contribution in [2.45, 2.75) is 25.8 Å². The highest BCUT2D eigenvalue weighted by Crippen LogP contribution is 2.32. The zero-order valence-electron chi connectivity index (χ0n) is 13.6. The number of ether oxygens (including phenoxy) is 1. The number of anilines is 1. The van der Waals surface area contributed by atoms with Gasteiger partial charge in [-0.3, -0.25) is 14.9 Å². The number of rotatable bonds is 4. The van der Waals surface area contributed by atoms with Crippen molar-refractivity contribution in [3.8, 4) is 5.75 Å². The Morgan fingerprint density at radius 3 is 2.84 bits per heavy atom. The molecule has 1 atom stereocenters. The van der Waals surface area contributed by atoms with E-state index >= 15 is 0 Å². The van der Waals surface area contributed by atoms with Crippen LogP contribution in [0.15, 0.2) is 42.5 Å². The zero-order chi connectivity index (χ0) is 18.0. The molecule has 3 rings (SSSR count). The van der Waals surface area contributed by atoms with Crippen LogP contribution in [-0.4, -0.2) is 23.5 Å². The summed E-state index contributed by atoms with van der Waals surface area (Å²) < 4.78 is 5.50. The van der Waals surface area contributed by atoms with Crippen molar-refractivity contribution in [3.05, 3.63) is 63.2 Å². The van der Waals surface area contributed by atoms with Gasteiger partial charge in [0.05, 0.1) is 9.95 Å². The summed E-state index contributed by atoms with van der Waals surface area (Å²) in [5, 5.41) is 10.8. The van der Waals surface area contributed by atoms with E-state index in [0.29, 0.717) is 0 Å². The lowest BCUT2D eigenvalue weighted by atomic mass is 9.96. The molecule has 2 aromatic rings. The lowest BCUT2D eigenvalue weighted by molar-refractivity contribution is -0.384.